The summed E-state index contributed by atoms with van der Waals surface area (Å²) in [5.41, 5.74) is 8.68. The van der Waals surface area contributed by atoms with Gasteiger partial charge in [-0.3, -0.25) is 0 Å². The van der Waals surface area contributed by atoms with Crippen LogP contribution in [0.3, 0.4) is 0 Å². The summed E-state index contributed by atoms with van der Waals surface area (Å²) in [4.78, 5) is 4.87. The van der Waals surface area contributed by atoms with Crippen molar-refractivity contribution >= 4 is 34.8 Å². The number of aryl methyl sites for hydroxylation is 2. The Morgan fingerprint density at radius 3 is 2.82 bits per heavy atom. The highest BCUT2D eigenvalue weighted by Crippen LogP contribution is 2.18. The first kappa shape index (κ1) is 14.3. The van der Waals surface area contributed by atoms with E-state index in [0.29, 0.717) is 4.99 Å². The fourth-order valence-corrected chi connectivity index (χ4v) is 2.39. The Bertz CT molecular complexity index is 405. The molecule has 3 N–H and O–H groups in total. The number of nitrogens with zero attached hydrogens (tertiary/aromatic N) is 1. The minimum absolute atomic E-state index is 0.405. The number of nitrogens with two attached hydrogens (primary N) is 1. The first-order valence-corrected chi connectivity index (χ1v) is 7.37. The summed E-state index contributed by atoms with van der Waals surface area (Å²) in [5, 5.41) is 3.32. The van der Waals surface area contributed by atoms with Crippen LogP contribution in [0.2, 0.25) is 0 Å². The van der Waals surface area contributed by atoms with E-state index in [9.17, 15) is 0 Å². The molecular formula is C12H19N3S2. The van der Waals surface area contributed by atoms with Gasteiger partial charge in [0, 0.05) is 12.2 Å². The van der Waals surface area contributed by atoms with E-state index in [0.717, 1.165) is 41.4 Å². The molecule has 0 atom stereocenters. The second-order valence-electron chi connectivity index (χ2n) is 3.94. The smallest absolute Gasteiger partial charge is 0.136 e. The van der Waals surface area contributed by atoms with Crippen molar-refractivity contribution in [2.24, 2.45) is 5.73 Å². The number of thiocarbonyl (C=S) groups is 1. The molecule has 0 spiro atoms. The van der Waals surface area contributed by atoms with Gasteiger partial charge < -0.3 is 11.1 Å². The SMILES string of the molecule is CSCCCNc1nc(C)cc(C)c1C(N)=S. The van der Waals surface area contributed by atoms with Gasteiger partial charge in [0.25, 0.3) is 0 Å². The van der Waals surface area contributed by atoms with Crippen molar-refractivity contribution in [2.45, 2.75) is 20.3 Å². The van der Waals surface area contributed by atoms with E-state index in [1.54, 1.807) is 0 Å². The van der Waals surface area contributed by atoms with Gasteiger partial charge in [-0.15, -0.1) is 0 Å². The van der Waals surface area contributed by atoms with E-state index < -0.39 is 0 Å². The minimum atomic E-state index is 0.405. The van der Waals surface area contributed by atoms with Crippen LogP contribution in [0.25, 0.3) is 0 Å². The Morgan fingerprint density at radius 1 is 1.53 bits per heavy atom. The van der Waals surface area contributed by atoms with E-state index in [2.05, 4.69) is 16.6 Å². The molecule has 3 nitrogen and oxygen atoms in total. The Balaban J connectivity index is 2.85. The normalized spacial score (nSPS) is 10.3. The van der Waals surface area contributed by atoms with E-state index in [1.165, 1.54) is 0 Å². The number of nitrogens with one attached hydrogen (secondary N) is 1. The predicted molar refractivity (Wildman–Crippen MR) is 81.1 cm³/mol. The molecular weight excluding hydrogens is 250 g/mol. The Hall–Kier alpha value is -0.810. The van der Waals surface area contributed by atoms with E-state index in [4.69, 9.17) is 18.0 Å². The van der Waals surface area contributed by atoms with Crippen molar-refractivity contribution in [1.82, 2.24) is 4.98 Å². The molecule has 0 aliphatic heterocycles. The third kappa shape index (κ3) is 4.16. The lowest BCUT2D eigenvalue weighted by Gasteiger charge is -2.13. The van der Waals surface area contributed by atoms with Crippen LogP contribution in [0.5, 0.6) is 0 Å². The molecule has 94 valence electrons. The fourth-order valence-electron chi connectivity index (χ4n) is 1.70. The van der Waals surface area contributed by atoms with Crippen molar-refractivity contribution in [2.75, 3.05) is 23.9 Å². The summed E-state index contributed by atoms with van der Waals surface area (Å²) in [5.74, 6) is 1.95. The molecule has 17 heavy (non-hydrogen) atoms. The molecule has 0 saturated heterocycles. The van der Waals surface area contributed by atoms with Gasteiger partial charge >= 0.3 is 0 Å². The molecule has 1 aromatic heterocycles. The Morgan fingerprint density at radius 2 is 2.24 bits per heavy atom. The van der Waals surface area contributed by atoms with Crippen molar-refractivity contribution in [3.8, 4) is 0 Å². The first-order valence-electron chi connectivity index (χ1n) is 5.57. The third-order valence-electron chi connectivity index (χ3n) is 2.41. The van der Waals surface area contributed by atoms with Crippen LogP contribution in [-0.4, -0.2) is 28.5 Å². The maximum Gasteiger partial charge on any atom is 0.136 e. The topological polar surface area (TPSA) is 50.9 Å². The lowest BCUT2D eigenvalue weighted by Crippen LogP contribution is -2.17. The van der Waals surface area contributed by atoms with Crippen molar-refractivity contribution in [3.05, 3.63) is 22.9 Å². The largest absolute Gasteiger partial charge is 0.389 e. The van der Waals surface area contributed by atoms with Crippen LogP contribution < -0.4 is 11.1 Å². The van der Waals surface area contributed by atoms with Crippen LogP contribution in [0.4, 0.5) is 5.82 Å². The number of pyridine rings is 1. The lowest BCUT2D eigenvalue weighted by atomic mass is 10.1. The molecule has 0 radical (unpaired) electrons. The molecule has 0 saturated carbocycles. The number of rotatable bonds is 6. The highest BCUT2D eigenvalue weighted by Gasteiger charge is 2.10. The molecule has 0 bridgehead atoms. The Labute approximate surface area is 113 Å². The second-order valence-corrected chi connectivity index (χ2v) is 5.37. The predicted octanol–water partition coefficient (Wildman–Crippen LogP) is 2.50. The van der Waals surface area contributed by atoms with Crippen molar-refractivity contribution in [3.63, 3.8) is 0 Å². The quantitative estimate of drug-likeness (QED) is 0.614. The van der Waals surface area contributed by atoms with Gasteiger partial charge in [-0.05, 0) is 43.9 Å². The number of aromatic nitrogens is 1. The fraction of sp³-hybridized carbons (Fsp3) is 0.500. The zero-order valence-electron chi connectivity index (χ0n) is 10.5. The number of anilines is 1. The van der Waals surface area contributed by atoms with E-state index in [-0.39, 0.29) is 0 Å². The average Bonchev–Trinajstić information content (AvgIpc) is 2.22. The maximum absolute atomic E-state index is 5.74. The first-order chi connectivity index (χ1) is 8.06. The number of thioether (sulfide) groups is 1. The third-order valence-corrected chi connectivity index (χ3v) is 3.31. The van der Waals surface area contributed by atoms with Crippen LogP contribution in [0.15, 0.2) is 6.07 Å². The molecule has 1 aromatic rings. The molecule has 0 aromatic carbocycles. The van der Waals surface area contributed by atoms with Gasteiger partial charge in [0.2, 0.25) is 0 Å². The monoisotopic (exact) mass is 269 g/mol. The molecule has 0 amide bonds. The summed E-state index contributed by atoms with van der Waals surface area (Å²) in [6.07, 6.45) is 3.21. The van der Waals surface area contributed by atoms with Gasteiger partial charge in [-0.2, -0.15) is 11.8 Å². The summed E-state index contributed by atoms with van der Waals surface area (Å²) in [7, 11) is 0. The van der Waals surface area contributed by atoms with Gasteiger partial charge in [0.15, 0.2) is 0 Å². The summed E-state index contributed by atoms with van der Waals surface area (Å²) in [6, 6.07) is 2.00. The van der Waals surface area contributed by atoms with Gasteiger partial charge in [0.1, 0.15) is 10.8 Å². The Kier molecular flexibility index (Phi) is 5.71. The summed E-state index contributed by atoms with van der Waals surface area (Å²) >= 11 is 6.92. The van der Waals surface area contributed by atoms with Gasteiger partial charge in [-0.1, -0.05) is 12.2 Å². The highest BCUT2D eigenvalue weighted by atomic mass is 32.2. The molecule has 1 heterocycles. The number of hydrogen-bond donors (Lipinski definition) is 2. The van der Waals surface area contributed by atoms with Crippen LogP contribution in [-0.2, 0) is 0 Å². The zero-order chi connectivity index (χ0) is 12.8. The van der Waals surface area contributed by atoms with E-state index in [1.807, 2.05) is 31.7 Å². The van der Waals surface area contributed by atoms with Crippen LogP contribution in [0, 0.1) is 13.8 Å². The highest BCUT2D eigenvalue weighted by molar-refractivity contribution is 7.98. The molecule has 5 heteroatoms. The zero-order valence-corrected chi connectivity index (χ0v) is 12.2. The van der Waals surface area contributed by atoms with Gasteiger partial charge in [-0.25, -0.2) is 4.98 Å². The van der Waals surface area contributed by atoms with Crippen LogP contribution >= 0.6 is 24.0 Å². The average molecular weight is 269 g/mol. The maximum atomic E-state index is 5.74. The van der Waals surface area contributed by atoms with Crippen molar-refractivity contribution < 1.29 is 0 Å². The summed E-state index contributed by atoms with van der Waals surface area (Å²) in [6.45, 7) is 4.88. The molecule has 0 fully saturated rings. The number of hydrogen-bond acceptors (Lipinski definition) is 4. The van der Waals surface area contributed by atoms with Gasteiger partial charge in [0.05, 0.1) is 5.56 Å². The second kappa shape index (κ2) is 6.81. The van der Waals surface area contributed by atoms with Crippen molar-refractivity contribution in [1.29, 1.82) is 0 Å². The molecule has 1 rings (SSSR count). The molecule has 0 aliphatic carbocycles. The standard InChI is InChI=1S/C12H19N3S2/c1-8-7-9(2)15-12(10(8)11(13)16)14-5-4-6-17-3/h7H,4-6H2,1-3H3,(H2,13,16)(H,14,15). The molecule has 0 aliphatic rings. The van der Waals surface area contributed by atoms with Crippen LogP contribution in [0.1, 0.15) is 23.2 Å². The summed E-state index contributed by atoms with van der Waals surface area (Å²) < 4.78 is 0. The van der Waals surface area contributed by atoms with E-state index >= 15 is 0 Å². The molecule has 0 unspecified atom stereocenters. The minimum Gasteiger partial charge on any atom is -0.389 e. The lowest BCUT2D eigenvalue weighted by molar-refractivity contribution is 0.975.